The lowest BCUT2D eigenvalue weighted by atomic mass is 9.85. The predicted molar refractivity (Wildman–Crippen MR) is 80.9 cm³/mol. The molecule has 1 N–H and O–H groups in total. The summed E-state index contributed by atoms with van der Waals surface area (Å²) in [4.78, 5) is 2.44. The van der Waals surface area contributed by atoms with Crippen LogP contribution < -0.4 is 19.7 Å². The van der Waals surface area contributed by atoms with Crippen LogP contribution in [-0.4, -0.2) is 38.9 Å². The van der Waals surface area contributed by atoms with E-state index in [4.69, 9.17) is 9.47 Å². The molecule has 3 rings (SSSR count). The van der Waals surface area contributed by atoms with Gasteiger partial charge < -0.3 is 19.7 Å². The smallest absolute Gasteiger partial charge is 0.163 e. The van der Waals surface area contributed by atoms with E-state index in [0.717, 1.165) is 31.1 Å². The van der Waals surface area contributed by atoms with E-state index in [0.29, 0.717) is 19.3 Å². The fourth-order valence-corrected chi connectivity index (χ4v) is 2.79. The van der Waals surface area contributed by atoms with Gasteiger partial charge in [-0.3, -0.25) is 0 Å². The van der Waals surface area contributed by atoms with Crippen molar-refractivity contribution in [3.8, 4) is 11.5 Å². The Morgan fingerprint density at radius 2 is 1.90 bits per heavy atom. The molecule has 2 aliphatic rings. The van der Waals surface area contributed by atoms with E-state index >= 15 is 0 Å². The first-order chi connectivity index (χ1) is 9.54. The maximum Gasteiger partial charge on any atom is 0.163 e. The van der Waals surface area contributed by atoms with E-state index in [1.807, 2.05) is 6.07 Å². The molecular formula is C16H24N2O2. The van der Waals surface area contributed by atoms with Crippen LogP contribution in [0.5, 0.6) is 11.5 Å². The van der Waals surface area contributed by atoms with Gasteiger partial charge >= 0.3 is 0 Å². The largest absolute Gasteiger partial charge is 0.486 e. The lowest BCUT2D eigenvalue weighted by Crippen LogP contribution is -2.56. The Labute approximate surface area is 121 Å². The highest BCUT2D eigenvalue weighted by molar-refractivity contribution is 5.57. The highest BCUT2D eigenvalue weighted by atomic mass is 16.6. The van der Waals surface area contributed by atoms with Gasteiger partial charge in [-0.15, -0.1) is 0 Å². The fraction of sp³-hybridized carbons (Fsp3) is 0.625. The Morgan fingerprint density at radius 1 is 1.15 bits per heavy atom. The van der Waals surface area contributed by atoms with Crippen LogP contribution in [0, 0.1) is 5.41 Å². The summed E-state index contributed by atoms with van der Waals surface area (Å²) in [6.45, 7) is 11.2. The Kier molecular flexibility index (Phi) is 3.50. The van der Waals surface area contributed by atoms with Crippen molar-refractivity contribution < 1.29 is 9.47 Å². The molecule has 0 saturated carbocycles. The number of nitrogens with one attached hydrogen (secondary N) is 1. The average Bonchev–Trinajstić information content (AvgIpc) is 2.46. The molecule has 1 aromatic rings. The van der Waals surface area contributed by atoms with Gasteiger partial charge in [-0.2, -0.15) is 0 Å². The molecule has 0 bridgehead atoms. The molecule has 2 aliphatic heterocycles. The van der Waals surface area contributed by atoms with Crippen molar-refractivity contribution >= 4 is 5.69 Å². The van der Waals surface area contributed by atoms with Crippen LogP contribution >= 0.6 is 0 Å². The Hall–Kier alpha value is -1.42. The third-order valence-corrected chi connectivity index (χ3v) is 4.11. The summed E-state index contributed by atoms with van der Waals surface area (Å²) in [5.74, 6) is 1.74. The molecule has 0 aliphatic carbocycles. The number of rotatable bonds is 1. The summed E-state index contributed by atoms with van der Waals surface area (Å²) in [5, 5.41) is 3.62. The molecule has 0 amide bonds. The zero-order valence-corrected chi connectivity index (χ0v) is 12.6. The number of hydrogen-bond donors (Lipinski definition) is 1. The molecule has 1 fully saturated rings. The Bertz CT molecular complexity index is 482. The molecule has 0 aromatic heterocycles. The maximum atomic E-state index is 5.68. The predicted octanol–water partition coefficient (Wildman–Crippen LogP) is 2.28. The van der Waals surface area contributed by atoms with Crippen LogP contribution in [0.2, 0.25) is 0 Å². The van der Waals surface area contributed by atoms with Crippen molar-refractivity contribution in [1.29, 1.82) is 0 Å². The van der Waals surface area contributed by atoms with Crippen molar-refractivity contribution in [3.63, 3.8) is 0 Å². The first-order valence-electron chi connectivity index (χ1n) is 7.42. The molecule has 1 aromatic carbocycles. The SMILES string of the molecule is CC(C)(C)C1CN(c2ccc3c(c2)OCCO3)CCN1. The van der Waals surface area contributed by atoms with Crippen molar-refractivity contribution in [2.75, 3.05) is 37.7 Å². The Morgan fingerprint density at radius 3 is 2.65 bits per heavy atom. The summed E-state index contributed by atoms with van der Waals surface area (Å²) < 4.78 is 11.3. The minimum Gasteiger partial charge on any atom is -0.486 e. The molecule has 20 heavy (non-hydrogen) atoms. The van der Waals surface area contributed by atoms with Crippen molar-refractivity contribution in [2.24, 2.45) is 5.41 Å². The van der Waals surface area contributed by atoms with Crippen LogP contribution in [0.15, 0.2) is 18.2 Å². The molecule has 4 heteroatoms. The van der Waals surface area contributed by atoms with Crippen LogP contribution in [0.25, 0.3) is 0 Å². The van der Waals surface area contributed by atoms with Gasteiger partial charge in [0.2, 0.25) is 0 Å². The molecular weight excluding hydrogens is 252 g/mol. The number of ether oxygens (including phenoxy) is 2. The topological polar surface area (TPSA) is 33.7 Å². The summed E-state index contributed by atoms with van der Waals surface area (Å²) in [6.07, 6.45) is 0. The van der Waals surface area contributed by atoms with Gasteiger partial charge in [0, 0.05) is 37.4 Å². The minimum absolute atomic E-state index is 0.270. The van der Waals surface area contributed by atoms with E-state index in [1.54, 1.807) is 0 Å². The number of benzene rings is 1. The summed E-state index contributed by atoms with van der Waals surface area (Å²) in [7, 11) is 0. The van der Waals surface area contributed by atoms with Gasteiger partial charge in [-0.1, -0.05) is 20.8 Å². The summed E-state index contributed by atoms with van der Waals surface area (Å²) >= 11 is 0. The lowest BCUT2D eigenvalue weighted by molar-refractivity contribution is 0.171. The molecule has 2 heterocycles. The molecule has 0 spiro atoms. The standard InChI is InChI=1S/C16H24N2O2/c1-16(2,3)15-11-18(7-6-17-15)12-4-5-13-14(10-12)20-9-8-19-13/h4-5,10,15,17H,6-9,11H2,1-3H3. The first kappa shape index (κ1) is 13.6. The average molecular weight is 276 g/mol. The molecule has 1 atom stereocenters. The van der Waals surface area contributed by atoms with Crippen LogP contribution in [0.3, 0.4) is 0 Å². The summed E-state index contributed by atoms with van der Waals surface area (Å²) in [5.41, 5.74) is 1.50. The highest BCUT2D eigenvalue weighted by Crippen LogP contribution is 2.35. The Balaban J connectivity index is 1.78. The molecule has 0 radical (unpaired) electrons. The number of nitrogens with zero attached hydrogens (tertiary/aromatic N) is 1. The van der Waals surface area contributed by atoms with Crippen molar-refractivity contribution in [1.82, 2.24) is 5.32 Å². The van der Waals surface area contributed by atoms with Gasteiger partial charge in [0.1, 0.15) is 13.2 Å². The molecule has 1 unspecified atom stereocenters. The maximum absolute atomic E-state index is 5.68. The van der Waals surface area contributed by atoms with Gasteiger partial charge in [0.05, 0.1) is 0 Å². The number of anilines is 1. The van der Waals surface area contributed by atoms with E-state index in [9.17, 15) is 0 Å². The van der Waals surface area contributed by atoms with Crippen LogP contribution in [-0.2, 0) is 0 Å². The van der Waals surface area contributed by atoms with Gasteiger partial charge in [0.15, 0.2) is 11.5 Å². The van der Waals surface area contributed by atoms with E-state index < -0.39 is 0 Å². The normalized spacial score (nSPS) is 22.8. The van der Waals surface area contributed by atoms with Crippen LogP contribution in [0.4, 0.5) is 5.69 Å². The second-order valence-electron chi connectivity index (χ2n) is 6.65. The third kappa shape index (κ3) is 2.70. The lowest BCUT2D eigenvalue weighted by Gasteiger charge is -2.41. The van der Waals surface area contributed by atoms with Gasteiger partial charge in [-0.25, -0.2) is 0 Å². The number of piperazine rings is 1. The van der Waals surface area contributed by atoms with Gasteiger partial charge in [-0.05, 0) is 17.5 Å². The zero-order valence-electron chi connectivity index (χ0n) is 12.6. The van der Waals surface area contributed by atoms with E-state index in [2.05, 4.69) is 43.1 Å². The van der Waals surface area contributed by atoms with E-state index in [1.165, 1.54) is 5.69 Å². The quantitative estimate of drug-likeness (QED) is 0.853. The first-order valence-corrected chi connectivity index (χ1v) is 7.42. The highest BCUT2D eigenvalue weighted by Gasteiger charge is 2.29. The fourth-order valence-electron chi connectivity index (χ4n) is 2.79. The third-order valence-electron chi connectivity index (χ3n) is 4.11. The number of fused-ring (bicyclic) bond motifs is 1. The number of hydrogen-bond acceptors (Lipinski definition) is 4. The monoisotopic (exact) mass is 276 g/mol. The second kappa shape index (κ2) is 5.17. The van der Waals surface area contributed by atoms with E-state index in [-0.39, 0.29) is 5.41 Å². The van der Waals surface area contributed by atoms with Crippen molar-refractivity contribution in [2.45, 2.75) is 26.8 Å². The van der Waals surface area contributed by atoms with Crippen LogP contribution in [0.1, 0.15) is 20.8 Å². The molecule has 110 valence electrons. The summed E-state index contributed by atoms with van der Waals surface area (Å²) in [6, 6.07) is 6.78. The zero-order chi connectivity index (χ0) is 14.2. The van der Waals surface area contributed by atoms with Crippen molar-refractivity contribution in [3.05, 3.63) is 18.2 Å². The molecule has 4 nitrogen and oxygen atoms in total. The van der Waals surface area contributed by atoms with Gasteiger partial charge in [0.25, 0.3) is 0 Å². The molecule has 1 saturated heterocycles. The minimum atomic E-state index is 0.270. The second-order valence-corrected chi connectivity index (χ2v) is 6.65.